The summed E-state index contributed by atoms with van der Waals surface area (Å²) in [5.74, 6) is -0.533. The second-order valence-electron chi connectivity index (χ2n) is 14.8. The summed E-state index contributed by atoms with van der Waals surface area (Å²) in [5.41, 5.74) is 1.70. The van der Waals surface area contributed by atoms with Crippen LogP contribution in [-0.2, 0) is 14.3 Å². The Bertz CT molecular complexity index is 1010. The Morgan fingerprint density at radius 3 is 2.37 bits per heavy atom. The summed E-state index contributed by atoms with van der Waals surface area (Å²) in [6.45, 7) is 21.3. The molecule has 0 aromatic heterocycles. The molecule has 214 valence electrons. The number of fused-ring (bicyclic) bond motifs is 5. The zero-order valence-electron chi connectivity index (χ0n) is 25.1. The number of carbonyl (C=O) groups excluding carboxylic acids is 1. The molecule has 0 aromatic rings. The van der Waals surface area contributed by atoms with Crippen molar-refractivity contribution in [2.24, 2.45) is 51.2 Å². The van der Waals surface area contributed by atoms with Crippen LogP contribution in [-0.4, -0.2) is 34.4 Å². The minimum absolute atomic E-state index is 0.0667. The van der Waals surface area contributed by atoms with E-state index in [9.17, 15) is 19.8 Å². The highest BCUT2D eigenvalue weighted by molar-refractivity contribution is 5.71. The van der Waals surface area contributed by atoms with Crippen molar-refractivity contribution < 1.29 is 24.5 Å². The van der Waals surface area contributed by atoms with E-state index in [1.165, 1.54) is 12.5 Å². The number of carbonyl (C=O) groups is 2. The normalized spacial score (nSPS) is 42.4. The second kappa shape index (κ2) is 9.78. The minimum atomic E-state index is -0.742. The molecule has 4 aliphatic carbocycles. The van der Waals surface area contributed by atoms with Gasteiger partial charge in [0.05, 0.1) is 12.0 Å². The van der Waals surface area contributed by atoms with Gasteiger partial charge in [-0.05, 0) is 91.3 Å². The maximum Gasteiger partial charge on any atom is 0.306 e. The smallest absolute Gasteiger partial charge is 0.306 e. The van der Waals surface area contributed by atoms with E-state index in [-0.39, 0.29) is 40.3 Å². The van der Waals surface area contributed by atoms with Gasteiger partial charge in [0.25, 0.3) is 0 Å². The summed E-state index contributed by atoms with van der Waals surface area (Å²) in [7, 11) is 0. The van der Waals surface area contributed by atoms with Crippen molar-refractivity contribution in [2.45, 2.75) is 119 Å². The first-order chi connectivity index (χ1) is 17.5. The Labute approximate surface area is 230 Å². The molecule has 5 heteroatoms. The Balaban J connectivity index is 1.77. The number of aliphatic hydroxyl groups excluding tert-OH is 1. The highest BCUT2D eigenvalue weighted by Gasteiger charge is 2.70. The quantitative estimate of drug-likeness (QED) is 0.270. The summed E-state index contributed by atoms with van der Waals surface area (Å²) in [5, 5.41) is 21.4. The molecule has 0 heterocycles. The van der Waals surface area contributed by atoms with E-state index in [0.717, 1.165) is 37.7 Å². The first kappa shape index (κ1) is 29.4. The highest BCUT2D eigenvalue weighted by Crippen LogP contribution is 2.73. The molecule has 0 bridgehead atoms. The van der Waals surface area contributed by atoms with Crippen molar-refractivity contribution in [1.82, 2.24) is 0 Å². The lowest BCUT2D eigenvalue weighted by molar-refractivity contribution is -0.160. The standard InChI is InChI=1S/C33H52O5/c1-19(2)20(3)10-11-22(29(36)37)25-18-28(38-21(4)34)33(9)24-12-13-26-30(5,6)27(35)15-16-31(26,7)23(24)14-17-32(25,33)8/h12,19,22-23,25-28,35H,3,10-11,13-18H2,1-2,4-9H3,(H,36,37)/t22-,23-,25-,26+,27+,28+,31-,32-,33-/m1/s1. The van der Waals surface area contributed by atoms with E-state index >= 15 is 0 Å². The van der Waals surface area contributed by atoms with Crippen molar-refractivity contribution in [3.8, 4) is 0 Å². The lowest BCUT2D eigenvalue weighted by Gasteiger charge is -2.64. The third-order valence-corrected chi connectivity index (χ3v) is 12.6. The van der Waals surface area contributed by atoms with Gasteiger partial charge in [-0.1, -0.05) is 72.3 Å². The number of aliphatic carboxylic acids is 1. The number of ether oxygens (including phenoxy) is 1. The third-order valence-electron chi connectivity index (χ3n) is 12.6. The molecule has 0 aromatic carbocycles. The topological polar surface area (TPSA) is 83.8 Å². The fourth-order valence-corrected chi connectivity index (χ4v) is 9.85. The summed E-state index contributed by atoms with van der Waals surface area (Å²) < 4.78 is 6.12. The van der Waals surface area contributed by atoms with Gasteiger partial charge in [0.2, 0.25) is 0 Å². The number of hydrogen-bond donors (Lipinski definition) is 2. The van der Waals surface area contributed by atoms with E-state index in [1.54, 1.807) is 0 Å². The molecule has 9 atom stereocenters. The zero-order valence-corrected chi connectivity index (χ0v) is 25.1. The molecule has 38 heavy (non-hydrogen) atoms. The fourth-order valence-electron chi connectivity index (χ4n) is 9.85. The molecule has 0 spiro atoms. The molecule has 3 fully saturated rings. The number of esters is 1. The van der Waals surface area contributed by atoms with Crippen LogP contribution in [0.5, 0.6) is 0 Å². The number of hydrogen-bond acceptors (Lipinski definition) is 4. The van der Waals surface area contributed by atoms with Crippen LogP contribution in [0.3, 0.4) is 0 Å². The molecule has 0 radical (unpaired) electrons. The SMILES string of the molecule is C=C(CC[C@@H](C(=O)O)[C@H]1C[C@H](OC(C)=O)[C@@]2(C)C3=CC[C@H]4C(C)(C)[C@@H](O)CC[C@]4(C)[C@@H]3CC[C@]12C)C(C)C. The predicted octanol–water partition coefficient (Wildman–Crippen LogP) is 7.19. The minimum Gasteiger partial charge on any atom is -0.481 e. The van der Waals surface area contributed by atoms with Gasteiger partial charge in [-0.3, -0.25) is 9.59 Å². The van der Waals surface area contributed by atoms with E-state index in [0.29, 0.717) is 37.0 Å². The van der Waals surface area contributed by atoms with Crippen LogP contribution in [0.25, 0.3) is 0 Å². The van der Waals surface area contributed by atoms with Crippen LogP contribution >= 0.6 is 0 Å². The Morgan fingerprint density at radius 2 is 1.79 bits per heavy atom. The molecular weight excluding hydrogens is 476 g/mol. The van der Waals surface area contributed by atoms with Crippen molar-refractivity contribution in [3.63, 3.8) is 0 Å². The van der Waals surface area contributed by atoms with Gasteiger partial charge < -0.3 is 14.9 Å². The first-order valence-corrected chi connectivity index (χ1v) is 15.0. The van der Waals surface area contributed by atoms with Gasteiger partial charge in [-0.25, -0.2) is 0 Å². The number of rotatable bonds is 7. The van der Waals surface area contributed by atoms with Crippen LogP contribution in [0.15, 0.2) is 23.8 Å². The second-order valence-corrected chi connectivity index (χ2v) is 14.8. The molecule has 0 amide bonds. The number of allylic oxidation sites excluding steroid dienone is 2. The monoisotopic (exact) mass is 528 g/mol. The summed E-state index contributed by atoms with van der Waals surface area (Å²) in [4.78, 5) is 25.2. The largest absolute Gasteiger partial charge is 0.481 e. The van der Waals surface area contributed by atoms with Gasteiger partial charge in [-0.2, -0.15) is 0 Å². The predicted molar refractivity (Wildman–Crippen MR) is 150 cm³/mol. The van der Waals surface area contributed by atoms with Crippen LogP contribution < -0.4 is 0 Å². The Kier molecular flexibility index (Phi) is 7.56. The molecule has 3 saturated carbocycles. The molecule has 0 aliphatic heterocycles. The van der Waals surface area contributed by atoms with E-state index in [2.05, 4.69) is 61.1 Å². The van der Waals surface area contributed by atoms with E-state index in [4.69, 9.17) is 4.74 Å². The van der Waals surface area contributed by atoms with Crippen molar-refractivity contribution in [3.05, 3.63) is 23.8 Å². The van der Waals surface area contributed by atoms with E-state index < -0.39 is 17.3 Å². The average molecular weight is 529 g/mol. The van der Waals surface area contributed by atoms with Crippen molar-refractivity contribution in [2.75, 3.05) is 0 Å². The lowest BCUT2D eigenvalue weighted by Crippen LogP contribution is -2.59. The Morgan fingerprint density at radius 1 is 1.13 bits per heavy atom. The van der Waals surface area contributed by atoms with Crippen molar-refractivity contribution in [1.29, 1.82) is 0 Å². The van der Waals surface area contributed by atoms with Gasteiger partial charge >= 0.3 is 11.9 Å². The van der Waals surface area contributed by atoms with Gasteiger partial charge in [0, 0.05) is 12.3 Å². The number of carboxylic acid groups (broad SMARTS) is 1. The van der Waals surface area contributed by atoms with Gasteiger partial charge in [0.1, 0.15) is 6.10 Å². The summed E-state index contributed by atoms with van der Waals surface area (Å²) in [6, 6.07) is 0. The molecule has 5 nitrogen and oxygen atoms in total. The van der Waals surface area contributed by atoms with Gasteiger partial charge in [-0.15, -0.1) is 0 Å². The molecule has 0 unspecified atom stereocenters. The van der Waals surface area contributed by atoms with Crippen LogP contribution in [0.4, 0.5) is 0 Å². The van der Waals surface area contributed by atoms with Crippen molar-refractivity contribution >= 4 is 11.9 Å². The molecule has 4 aliphatic rings. The van der Waals surface area contributed by atoms with Crippen LogP contribution in [0.2, 0.25) is 0 Å². The molecular formula is C33H52O5. The lowest BCUT2D eigenvalue weighted by atomic mass is 9.40. The van der Waals surface area contributed by atoms with E-state index in [1.807, 2.05) is 0 Å². The summed E-state index contributed by atoms with van der Waals surface area (Å²) >= 11 is 0. The summed E-state index contributed by atoms with van der Waals surface area (Å²) in [6.07, 6.45) is 8.33. The molecule has 2 N–H and O–H groups in total. The van der Waals surface area contributed by atoms with Crippen LogP contribution in [0, 0.1) is 51.2 Å². The number of carboxylic acids is 1. The first-order valence-electron chi connectivity index (χ1n) is 15.0. The van der Waals surface area contributed by atoms with Gasteiger partial charge in [0.15, 0.2) is 0 Å². The maximum atomic E-state index is 12.8. The number of aliphatic hydroxyl groups is 1. The molecule has 4 rings (SSSR count). The maximum absolute atomic E-state index is 12.8. The van der Waals surface area contributed by atoms with Crippen LogP contribution in [0.1, 0.15) is 107 Å². The zero-order chi connectivity index (χ0) is 28.4. The Hall–Kier alpha value is -1.62. The fraction of sp³-hybridized carbons (Fsp3) is 0.818. The third kappa shape index (κ3) is 4.21. The molecule has 0 saturated heterocycles. The average Bonchev–Trinajstić information content (AvgIpc) is 3.03. The highest BCUT2D eigenvalue weighted by atomic mass is 16.5.